The lowest BCUT2D eigenvalue weighted by Crippen LogP contribution is -2.14. The zero-order chi connectivity index (χ0) is 19.8. The molecule has 0 saturated carbocycles. The smallest absolute Gasteiger partial charge is 0.316 e. The highest BCUT2D eigenvalue weighted by molar-refractivity contribution is 8.01. The fourth-order valence-corrected chi connectivity index (χ4v) is 4.18. The number of hydrogen-bond donors (Lipinski definition) is 1. The van der Waals surface area contributed by atoms with Gasteiger partial charge in [-0.25, -0.2) is 0 Å². The van der Waals surface area contributed by atoms with Crippen molar-refractivity contribution in [3.63, 3.8) is 0 Å². The molecule has 3 rings (SSSR count). The summed E-state index contributed by atoms with van der Waals surface area (Å²) >= 11 is 3.61. The maximum absolute atomic E-state index is 12.2. The molecule has 1 N–H and O–H groups in total. The zero-order valence-electron chi connectivity index (χ0n) is 14.6. The minimum absolute atomic E-state index is 0.109. The highest BCUT2D eigenvalue weighted by Crippen LogP contribution is 2.26. The van der Waals surface area contributed by atoms with Crippen LogP contribution in [0.3, 0.4) is 0 Å². The number of aromatic nitrogens is 6. The zero-order valence-corrected chi connectivity index (χ0v) is 17.1. The quantitative estimate of drug-likeness (QED) is 0.301. The van der Waals surface area contributed by atoms with Gasteiger partial charge in [0.1, 0.15) is 0 Å². The number of ether oxygens (including phenoxy) is 1. The van der Waals surface area contributed by atoms with Crippen LogP contribution in [0.4, 0.5) is 5.13 Å². The van der Waals surface area contributed by atoms with Crippen LogP contribution in [0, 0.1) is 0 Å². The van der Waals surface area contributed by atoms with Gasteiger partial charge in [0.25, 0.3) is 0 Å². The van der Waals surface area contributed by atoms with Crippen molar-refractivity contribution in [2.75, 3.05) is 23.4 Å². The molecule has 0 aliphatic rings. The first-order valence-electron chi connectivity index (χ1n) is 8.04. The van der Waals surface area contributed by atoms with E-state index in [1.165, 1.54) is 34.9 Å². The van der Waals surface area contributed by atoms with Gasteiger partial charge in [-0.3, -0.25) is 14.9 Å². The molecule has 0 bridgehead atoms. The van der Waals surface area contributed by atoms with Gasteiger partial charge in [0.15, 0.2) is 4.34 Å². The van der Waals surface area contributed by atoms with E-state index >= 15 is 0 Å². The SMILES string of the molecule is CCOC(=O)CSc1nnc(NC(=O)CSc2nnnn2-c2ccccc2)s1. The maximum Gasteiger partial charge on any atom is 0.316 e. The molecule has 0 atom stereocenters. The second-order valence-corrected chi connectivity index (χ2v) is 8.15. The van der Waals surface area contributed by atoms with Gasteiger partial charge < -0.3 is 4.74 Å². The Morgan fingerprint density at radius 3 is 2.75 bits per heavy atom. The molecule has 0 aliphatic heterocycles. The number of carbonyl (C=O) groups is 2. The Morgan fingerprint density at radius 2 is 1.96 bits per heavy atom. The van der Waals surface area contributed by atoms with Crippen LogP contribution >= 0.6 is 34.9 Å². The number of amides is 1. The number of rotatable bonds is 9. The molecule has 0 saturated heterocycles. The van der Waals surface area contributed by atoms with Crippen LogP contribution in [-0.4, -0.2) is 60.4 Å². The third kappa shape index (κ3) is 5.74. The summed E-state index contributed by atoms with van der Waals surface area (Å²) in [5.41, 5.74) is 0.808. The lowest BCUT2D eigenvalue weighted by molar-refractivity contribution is -0.139. The summed E-state index contributed by atoms with van der Waals surface area (Å²) in [4.78, 5) is 23.5. The van der Waals surface area contributed by atoms with Crippen molar-refractivity contribution >= 4 is 51.9 Å². The number of nitrogens with one attached hydrogen (secondary N) is 1. The van der Waals surface area contributed by atoms with E-state index in [-0.39, 0.29) is 23.4 Å². The van der Waals surface area contributed by atoms with E-state index in [0.29, 0.717) is 21.2 Å². The van der Waals surface area contributed by atoms with E-state index < -0.39 is 0 Å². The van der Waals surface area contributed by atoms with E-state index in [9.17, 15) is 9.59 Å². The summed E-state index contributed by atoms with van der Waals surface area (Å²) in [5, 5.41) is 22.9. The van der Waals surface area contributed by atoms with E-state index in [0.717, 1.165) is 5.69 Å². The van der Waals surface area contributed by atoms with Crippen molar-refractivity contribution in [1.82, 2.24) is 30.4 Å². The highest BCUT2D eigenvalue weighted by atomic mass is 32.2. The molecule has 0 fully saturated rings. The number of thioether (sulfide) groups is 2. The molecule has 0 spiro atoms. The number of nitrogens with zero attached hydrogens (tertiary/aromatic N) is 6. The van der Waals surface area contributed by atoms with Gasteiger partial charge in [-0.2, -0.15) is 4.68 Å². The normalized spacial score (nSPS) is 10.6. The Hall–Kier alpha value is -2.51. The fourth-order valence-electron chi connectivity index (χ4n) is 1.93. The molecule has 0 radical (unpaired) electrons. The number of para-hydroxylation sites is 1. The largest absolute Gasteiger partial charge is 0.465 e. The molecule has 0 aliphatic carbocycles. The molecule has 3 aromatic rings. The molecule has 2 aromatic heterocycles. The van der Waals surface area contributed by atoms with E-state index in [4.69, 9.17) is 4.74 Å². The Labute approximate surface area is 172 Å². The van der Waals surface area contributed by atoms with Gasteiger partial charge >= 0.3 is 5.97 Å². The van der Waals surface area contributed by atoms with Crippen LogP contribution in [0.5, 0.6) is 0 Å². The van der Waals surface area contributed by atoms with Crippen LogP contribution in [-0.2, 0) is 14.3 Å². The first-order chi connectivity index (χ1) is 13.7. The predicted molar refractivity (Wildman–Crippen MR) is 106 cm³/mol. The van der Waals surface area contributed by atoms with Gasteiger partial charge in [-0.05, 0) is 29.5 Å². The van der Waals surface area contributed by atoms with Crippen LogP contribution in [0.2, 0.25) is 0 Å². The molecular weight excluding hydrogens is 422 g/mol. The average Bonchev–Trinajstić information content (AvgIpc) is 3.35. The van der Waals surface area contributed by atoms with Crippen molar-refractivity contribution in [3.8, 4) is 5.69 Å². The van der Waals surface area contributed by atoms with Crippen LogP contribution in [0.15, 0.2) is 39.8 Å². The minimum Gasteiger partial charge on any atom is -0.465 e. The molecule has 28 heavy (non-hydrogen) atoms. The number of tetrazole rings is 1. The van der Waals surface area contributed by atoms with Gasteiger partial charge in [0.2, 0.25) is 16.2 Å². The van der Waals surface area contributed by atoms with Gasteiger partial charge in [-0.1, -0.05) is 53.1 Å². The lowest BCUT2D eigenvalue weighted by atomic mass is 10.3. The van der Waals surface area contributed by atoms with Crippen LogP contribution in [0.25, 0.3) is 5.69 Å². The molecule has 1 amide bonds. The summed E-state index contributed by atoms with van der Waals surface area (Å²) < 4.78 is 6.99. The summed E-state index contributed by atoms with van der Waals surface area (Å²) in [5.74, 6) is -0.321. The molecule has 1 aromatic carbocycles. The first-order valence-corrected chi connectivity index (χ1v) is 10.8. The Bertz CT molecular complexity index is 932. The van der Waals surface area contributed by atoms with Crippen molar-refractivity contribution in [1.29, 1.82) is 0 Å². The number of hydrogen-bond acceptors (Lipinski definition) is 11. The molecule has 10 nitrogen and oxygen atoms in total. The Morgan fingerprint density at radius 1 is 1.14 bits per heavy atom. The van der Waals surface area contributed by atoms with Gasteiger partial charge in [0.05, 0.1) is 23.8 Å². The summed E-state index contributed by atoms with van der Waals surface area (Å²) in [6.45, 7) is 2.08. The third-order valence-corrected chi connectivity index (χ3v) is 5.91. The number of anilines is 1. The van der Waals surface area contributed by atoms with Crippen LogP contribution in [0.1, 0.15) is 6.92 Å². The second kappa shape index (κ2) is 10.1. The summed E-state index contributed by atoms with van der Waals surface area (Å²) in [6, 6.07) is 9.40. The molecular formula is C15H15N7O3S3. The number of carbonyl (C=O) groups excluding carboxylic acids is 2. The molecule has 2 heterocycles. The topological polar surface area (TPSA) is 125 Å². The van der Waals surface area contributed by atoms with Crippen molar-refractivity contribution in [2.24, 2.45) is 0 Å². The molecule has 0 unspecified atom stereocenters. The summed E-state index contributed by atoms with van der Waals surface area (Å²) in [6.07, 6.45) is 0. The maximum atomic E-state index is 12.2. The van der Waals surface area contributed by atoms with Crippen LogP contribution < -0.4 is 5.32 Å². The number of esters is 1. The standard InChI is InChI=1S/C15H15N7O3S3/c1-2-25-12(24)9-27-15-19-17-13(28-15)16-11(23)8-26-14-18-20-21-22(14)10-6-4-3-5-7-10/h3-7H,2,8-9H2,1H3,(H,16,17,23). The second-order valence-electron chi connectivity index (χ2n) is 5.01. The summed E-state index contributed by atoms with van der Waals surface area (Å²) in [7, 11) is 0. The third-order valence-electron chi connectivity index (χ3n) is 3.05. The first kappa shape index (κ1) is 20.2. The van der Waals surface area contributed by atoms with Crippen molar-refractivity contribution < 1.29 is 14.3 Å². The Kier molecular flexibility index (Phi) is 7.33. The monoisotopic (exact) mass is 437 g/mol. The van der Waals surface area contributed by atoms with E-state index in [1.54, 1.807) is 11.6 Å². The van der Waals surface area contributed by atoms with Gasteiger partial charge in [0, 0.05) is 0 Å². The lowest BCUT2D eigenvalue weighted by Gasteiger charge is -2.03. The molecule has 146 valence electrons. The molecule has 13 heteroatoms. The average molecular weight is 438 g/mol. The van der Waals surface area contributed by atoms with Gasteiger partial charge in [-0.15, -0.1) is 15.3 Å². The number of benzene rings is 1. The van der Waals surface area contributed by atoms with Crippen molar-refractivity contribution in [2.45, 2.75) is 16.4 Å². The minimum atomic E-state index is -0.319. The van der Waals surface area contributed by atoms with E-state index in [2.05, 4.69) is 31.0 Å². The Balaban J connectivity index is 1.49. The predicted octanol–water partition coefficient (Wildman–Crippen LogP) is 1.90. The van der Waals surface area contributed by atoms with Crippen molar-refractivity contribution in [3.05, 3.63) is 30.3 Å². The highest BCUT2D eigenvalue weighted by Gasteiger charge is 2.14. The fraction of sp³-hybridized carbons (Fsp3) is 0.267. The van der Waals surface area contributed by atoms with E-state index in [1.807, 2.05) is 30.3 Å².